The molecule has 0 bridgehead atoms. The van der Waals surface area contributed by atoms with Gasteiger partial charge < -0.3 is 15.4 Å². The highest BCUT2D eigenvalue weighted by Gasteiger charge is 2.23. The number of methoxy groups -OCH3 is 1. The highest BCUT2D eigenvalue weighted by Crippen LogP contribution is 2.25. The van der Waals surface area contributed by atoms with Gasteiger partial charge in [-0.2, -0.15) is 0 Å². The summed E-state index contributed by atoms with van der Waals surface area (Å²) in [5.74, 6) is 0.396. The number of hydrogen-bond donors (Lipinski definition) is 1. The summed E-state index contributed by atoms with van der Waals surface area (Å²) in [4.78, 5) is 14.1. The summed E-state index contributed by atoms with van der Waals surface area (Å²) in [6.07, 6.45) is 0. The van der Waals surface area contributed by atoms with Crippen molar-refractivity contribution in [3.05, 3.63) is 28.8 Å². The first-order valence-electron chi connectivity index (χ1n) is 6.10. The first kappa shape index (κ1) is 19.0. The van der Waals surface area contributed by atoms with Crippen molar-refractivity contribution >= 4 is 29.9 Å². The Labute approximate surface area is 131 Å². The highest BCUT2D eigenvalue weighted by atomic mass is 35.5. The van der Waals surface area contributed by atoms with Crippen LogP contribution in [-0.2, 0) is 0 Å². The fraction of sp³-hybridized carbons (Fsp3) is 0.500. The molecule has 0 aliphatic rings. The van der Waals surface area contributed by atoms with Crippen molar-refractivity contribution in [2.24, 2.45) is 11.1 Å². The molecule has 0 aliphatic carbocycles. The molecule has 2 N–H and O–H groups in total. The molecule has 1 amide bonds. The SMILES string of the molecule is COc1ccc(Cl)cc1C(=O)N(C)CC(C)(C)CN.Cl. The number of nitrogens with two attached hydrogens (primary N) is 1. The lowest BCUT2D eigenvalue weighted by atomic mass is 9.93. The van der Waals surface area contributed by atoms with Gasteiger partial charge >= 0.3 is 0 Å². The van der Waals surface area contributed by atoms with E-state index in [9.17, 15) is 4.79 Å². The van der Waals surface area contributed by atoms with Crippen LogP contribution in [0, 0.1) is 5.41 Å². The second kappa shape index (κ2) is 7.72. The molecule has 0 saturated heterocycles. The molecule has 20 heavy (non-hydrogen) atoms. The first-order valence-corrected chi connectivity index (χ1v) is 6.47. The van der Waals surface area contributed by atoms with Gasteiger partial charge in [-0.3, -0.25) is 4.79 Å². The average molecular weight is 321 g/mol. The van der Waals surface area contributed by atoms with Gasteiger partial charge in [0.15, 0.2) is 0 Å². The van der Waals surface area contributed by atoms with Gasteiger partial charge in [0, 0.05) is 18.6 Å². The van der Waals surface area contributed by atoms with Gasteiger partial charge in [-0.15, -0.1) is 12.4 Å². The summed E-state index contributed by atoms with van der Waals surface area (Å²) < 4.78 is 5.20. The maximum absolute atomic E-state index is 12.4. The second-order valence-corrected chi connectivity index (χ2v) is 5.81. The molecule has 0 unspecified atom stereocenters. The predicted molar refractivity (Wildman–Crippen MR) is 85.0 cm³/mol. The van der Waals surface area contributed by atoms with Gasteiger partial charge in [0.05, 0.1) is 12.7 Å². The van der Waals surface area contributed by atoms with Crippen LogP contribution in [-0.4, -0.2) is 38.1 Å². The van der Waals surface area contributed by atoms with E-state index in [-0.39, 0.29) is 23.7 Å². The Bertz CT molecular complexity index is 464. The van der Waals surface area contributed by atoms with Gasteiger partial charge in [-0.25, -0.2) is 0 Å². The monoisotopic (exact) mass is 320 g/mol. The van der Waals surface area contributed by atoms with Gasteiger partial charge in [0.25, 0.3) is 5.91 Å². The molecular formula is C14H22Cl2N2O2. The highest BCUT2D eigenvalue weighted by molar-refractivity contribution is 6.31. The standard InChI is InChI=1S/C14H21ClN2O2.ClH/c1-14(2,8-16)9-17(3)13(18)11-7-10(15)5-6-12(11)19-4;/h5-7H,8-9,16H2,1-4H3;1H. The largest absolute Gasteiger partial charge is 0.496 e. The molecule has 4 nitrogen and oxygen atoms in total. The van der Waals surface area contributed by atoms with Crippen molar-refractivity contribution in [1.82, 2.24) is 4.90 Å². The molecule has 0 heterocycles. The Morgan fingerprint density at radius 3 is 2.55 bits per heavy atom. The van der Waals surface area contributed by atoms with Crippen LogP contribution in [0.15, 0.2) is 18.2 Å². The number of ether oxygens (including phenoxy) is 1. The van der Waals surface area contributed by atoms with Crippen LogP contribution in [0.3, 0.4) is 0 Å². The van der Waals surface area contributed by atoms with E-state index in [1.165, 1.54) is 7.11 Å². The van der Waals surface area contributed by atoms with Crippen LogP contribution in [0.25, 0.3) is 0 Å². The number of rotatable bonds is 5. The maximum atomic E-state index is 12.4. The molecule has 6 heteroatoms. The van der Waals surface area contributed by atoms with E-state index < -0.39 is 0 Å². The molecular weight excluding hydrogens is 299 g/mol. The van der Waals surface area contributed by atoms with Crippen molar-refractivity contribution in [3.63, 3.8) is 0 Å². The Balaban J connectivity index is 0.00000361. The van der Waals surface area contributed by atoms with Crippen LogP contribution < -0.4 is 10.5 Å². The molecule has 0 spiro atoms. The number of benzene rings is 1. The Morgan fingerprint density at radius 1 is 1.45 bits per heavy atom. The van der Waals surface area contributed by atoms with Crippen molar-refractivity contribution in [1.29, 1.82) is 0 Å². The van der Waals surface area contributed by atoms with Crippen LogP contribution in [0.2, 0.25) is 5.02 Å². The minimum atomic E-state index is -0.129. The van der Waals surface area contributed by atoms with Gasteiger partial charge in [0.2, 0.25) is 0 Å². The molecule has 0 saturated carbocycles. The Kier molecular flexibility index (Phi) is 7.34. The van der Waals surface area contributed by atoms with E-state index >= 15 is 0 Å². The maximum Gasteiger partial charge on any atom is 0.257 e. The summed E-state index contributed by atoms with van der Waals surface area (Å²) in [6, 6.07) is 5.01. The Hall–Kier alpha value is -0.970. The summed E-state index contributed by atoms with van der Waals surface area (Å²) in [5.41, 5.74) is 6.02. The summed E-state index contributed by atoms with van der Waals surface area (Å²) in [5, 5.41) is 0.510. The molecule has 0 atom stereocenters. The second-order valence-electron chi connectivity index (χ2n) is 5.37. The van der Waals surface area contributed by atoms with Gasteiger partial charge in [-0.1, -0.05) is 25.4 Å². The lowest BCUT2D eigenvalue weighted by Gasteiger charge is -2.29. The predicted octanol–water partition coefficient (Wildman–Crippen LogP) is 2.83. The smallest absolute Gasteiger partial charge is 0.257 e. The minimum absolute atomic E-state index is 0. The van der Waals surface area contributed by atoms with E-state index in [2.05, 4.69) is 0 Å². The van der Waals surface area contributed by atoms with Crippen LogP contribution in [0.5, 0.6) is 5.75 Å². The van der Waals surface area contributed by atoms with Gasteiger partial charge in [0.1, 0.15) is 5.75 Å². The van der Waals surface area contributed by atoms with Crippen molar-refractivity contribution in [2.75, 3.05) is 27.2 Å². The average Bonchev–Trinajstić information content (AvgIpc) is 2.37. The topological polar surface area (TPSA) is 55.6 Å². The summed E-state index contributed by atoms with van der Waals surface area (Å²) in [6.45, 7) is 5.12. The van der Waals surface area contributed by atoms with Gasteiger partial charge in [-0.05, 0) is 30.2 Å². The van der Waals surface area contributed by atoms with Crippen molar-refractivity contribution in [3.8, 4) is 5.75 Å². The molecule has 0 radical (unpaired) electrons. The lowest BCUT2D eigenvalue weighted by molar-refractivity contribution is 0.0737. The number of hydrogen-bond acceptors (Lipinski definition) is 3. The number of amides is 1. The van der Waals surface area contributed by atoms with E-state index in [4.69, 9.17) is 22.1 Å². The van der Waals surface area contributed by atoms with Crippen LogP contribution >= 0.6 is 24.0 Å². The molecule has 114 valence electrons. The third-order valence-electron chi connectivity index (χ3n) is 2.96. The molecule has 0 aromatic heterocycles. The normalized spacial score (nSPS) is 10.7. The zero-order chi connectivity index (χ0) is 14.6. The summed E-state index contributed by atoms with van der Waals surface area (Å²) >= 11 is 5.94. The first-order chi connectivity index (χ1) is 8.80. The molecule has 1 aromatic rings. The molecule has 0 aliphatic heterocycles. The van der Waals surface area contributed by atoms with E-state index in [1.54, 1.807) is 30.1 Å². The van der Waals surface area contributed by atoms with Crippen molar-refractivity contribution in [2.45, 2.75) is 13.8 Å². The lowest BCUT2D eigenvalue weighted by Crippen LogP contribution is -2.39. The number of carbonyl (C=O) groups excluding carboxylic acids is 1. The fourth-order valence-corrected chi connectivity index (χ4v) is 2.00. The van der Waals surface area contributed by atoms with E-state index in [0.29, 0.717) is 29.4 Å². The Morgan fingerprint density at radius 2 is 2.05 bits per heavy atom. The quantitative estimate of drug-likeness (QED) is 0.907. The van der Waals surface area contributed by atoms with Crippen LogP contribution in [0.1, 0.15) is 24.2 Å². The number of halogens is 2. The summed E-state index contributed by atoms with van der Waals surface area (Å²) in [7, 11) is 3.28. The third-order valence-corrected chi connectivity index (χ3v) is 3.19. The number of carbonyl (C=O) groups is 1. The fourth-order valence-electron chi connectivity index (χ4n) is 1.83. The van der Waals surface area contributed by atoms with E-state index in [1.807, 2.05) is 13.8 Å². The van der Waals surface area contributed by atoms with Crippen molar-refractivity contribution < 1.29 is 9.53 Å². The van der Waals surface area contributed by atoms with Crippen LogP contribution in [0.4, 0.5) is 0 Å². The molecule has 0 fully saturated rings. The van der Waals surface area contributed by atoms with E-state index in [0.717, 1.165) is 0 Å². The minimum Gasteiger partial charge on any atom is -0.496 e. The zero-order valence-corrected chi connectivity index (χ0v) is 13.8. The zero-order valence-electron chi connectivity index (χ0n) is 12.3. The molecule has 1 rings (SSSR count). The molecule has 1 aromatic carbocycles. The third kappa shape index (κ3) is 4.85. The number of nitrogens with zero attached hydrogens (tertiary/aromatic N) is 1.